The maximum atomic E-state index is 12.6. The molecule has 0 spiro atoms. The van der Waals surface area contributed by atoms with Crippen LogP contribution >= 0.6 is 0 Å². The van der Waals surface area contributed by atoms with E-state index >= 15 is 0 Å². The summed E-state index contributed by atoms with van der Waals surface area (Å²) >= 11 is 0. The average Bonchev–Trinajstić information content (AvgIpc) is 2.72. The third-order valence-electron chi connectivity index (χ3n) is 4.24. The van der Waals surface area contributed by atoms with Crippen LogP contribution in [0.2, 0.25) is 0 Å². The lowest BCUT2D eigenvalue weighted by atomic mass is 10.1. The Morgan fingerprint density at radius 3 is 2.59 bits per heavy atom. The standard InChI is InChI=1S/C13H25NO2S/c1-3-14-12-4-5-13(10(12)2)17(15)11-6-8-16-9-7-11/h10-14H,3-9H2,1-2H3. The highest BCUT2D eigenvalue weighted by atomic mass is 32.2. The zero-order chi connectivity index (χ0) is 12.3. The highest BCUT2D eigenvalue weighted by molar-refractivity contribution is 7.86. The Bertz CT molecular complexity index is 266. The fourth-order valence-corrected chi connectivity index (χ4v) is 5.29. The van der Waals surface area contributed by atoms with Crippen LogP contribution in [0.1, 0.15) is 39.5 Å². The smallest absolute Gasteiger partial charge is 0.0477 e. The molecule has 1 heterocycles. The van der Waals surface area contributed by atoms with Crippen molar-refractivity contribution < 1.29 is 8.95 Å². The van der Waals surface area contributed by atoms with Crippen molar-refractivity contribution in [2.45, 2.75) is 56.1 Å². The highest BCUT2D eigenvalue weighted by Crippen LogP contribution is 2.33. The Labute approximate surface area is 107 Å². The molecule has 0 aromatic carbocycles. The van der Waals surface area contributed by atoms with Crippen molar-refractivity contribution in [1.82, 2.24) is 5.32 Å². The molecular weight excluding hydrogens is 234 g/mol. The lowest BCUT2D eigenvalue weighted by molar-refractivity contribution is 0.0990. The van der Waals surface area contributed by atoms with Gasteiger partial charge < -0.3 is 10.1 Å². The molecule has 100 valence electrons. The summed E-state index contributed by atoms with van der Waals surface area (Å²) in [5.41, 5.74) is 0. The summed E-state index contributed by atoms with van der Waals surface area (Å²) in [6.45, 7) is 7.03. The number of rotatable bonds is 4. The summed E-state index contributed by atoms with van der Waals surface area (Å²) in [6, 6.07) is 0.578. The van der Waals surface area contributed by atoms with Gasteiger partial charge >= 0.3 is 0 Å². The highest BCUT2D eigenvalue weighted by Gasteiger charge is 2.38. The van der Waals surface area contributed by atoms with Gasteiger partial charge in [0.25, 0.3) is 0 Å². The first-order valence-electron chi connectivity index (χ1n) is 6.94. The van der Waals surface area contributed by atoms with Gasteiger partial charge in [0.15, 0.2) is 0 Å². The van der Waals surface area contributed by atoms with Crippen molar-refractivity contribution >= 4 is 10.8 Å². The summed E-state index contributed by atoms with van der Waals surface area (Å²) in [4.78, 5) is 0. The van der Waals surface area contributed by atoms with Crippen molar-refractivity contribution in [2.75, 3.05) is 19.8 Å². The predicted molar refractivity (Wildman–Crippen MR) is 71.6 cm³/mol. The number of hydrogen-bond acceptors (Lipinski definition) is 3. The van der Waals surface area contributed by atoms with Gasteiger partial charge in [0.1, 0.15) is 0 Å². The summed E-state index contributed by atoms with van der Waals surface area (Å²) in [5, 5.41) is 4.31. The molecule has 0 bridgehead atoms. The van der Waals surface area contributed by atoms with Gasteiger partial charge in [-0.1, -0.05) is 13.8 Å². The van der Waals surface area contributed by atoms with E-state index in [0.29, 0.717) is 22.5 Å². The third kappa shape index (κ3) is 3.09. The lowest BCUT2D eigenvalue weighted by Crippen LogP contribution is -2.38. The van der Waals surface area contributed by atoms with Crippen LogP contribution in [0, 0.1) is 5.92 Å². The number of ether oxygens (including phenoxy) is 1. The van der Waals surface area contributed by atoms with Crippen LogP contribution < -0.4 is 5.32 Å². The summed E-state index contributed by atoms with van der Waals surface area (Å²) < 4.78 is 17.9. The van der Waals surface area contributed by atoms with Gasteiger partial charge in [0, 0.05) is 40.6 Å². The fraction of sp³-hybridized carbons (Fsp3) is 1.00. The second-order valence-electron chi connectivity index (χ2n) is 5.28. The van der Waals surface area contributed by atoms with Crippen LogP contribution in [0.4, 0.5) is 0 Å². The minimum absolute atomic E-state index is 0.386. The van der Waals surface area contributed by atoms with E-state index in [2.05, 4.69) is 19.2 Å². The van der Waals surface area contributed by atoms with Gasteiger partial charge in [-0.25, -0.2) is 0 Å². The molecule has 1 aliphatic heterocycles. The first-order valence-corrected chi connectivity index (χ1v) is 8.22. The summed E-state index contributed by atoms with van der Waals surface area (Å²) in [6.07, 6.45) is 4.29. The van der Waals surface area contributed by atoms with E-state index in [1.807, 2.05) is 0 Å². The van der Waals surface area contributed by atoms with Crippen molar-refractivity contribution in [2.24, 2.45) is 5.92 Å². The topological polar surface area (TPSA) is 38.3 Å². The van der Waals surface area contributed by atoms with E-state index in [9.17, 15) is 4.21 Å². The van der Waals surface area contributed by atoms with Crippen LogP contribution in [0.25, 0.3) is 0 Å². The largest absolute Gasteiger partial charge is 0.381 e. The third-order valence-corrected chi connectivity index (χ3v) is 6.64. The van der Waals surface area contributed by atoms with Crippen LogP contribution in [0.5, 0.6) is 0 Å². The van der Waals surface area contributed by atoms with E-state index in [1.54, 1.807) is 0 Å². The molecule has 2 rings (SSSR count). The monoisotopic (exact) mass is 259 g/mol. The SMILES string of the molecule is CCNC1CCC(S(=O)C2CCOCC2)C1C. The van der Waals surface area contributed by atoms with Gasteiger partial charge in [-0.15, -0.1) is 0 Å². The van der Waals surface area contributed by atoms with Gasteiger partial charge in [-0.05, 0) is 38.1 Å². The van der Waals surface area contributed by atoms with Crippen LogP contribution in [0.3, 0.4) is 0 Å². The first-order chi connectivity index (χ1) is 8.24. The van der Waals surface area contributed by atoms with Crippen LogP contribution in [-0.2, 0) is 15.5 Å². The van der Waals surface area contributed by atoms with Gasteiger partial charge in [-0.3, -0.25) is 4.21 Å². The minimum atomic E-state index is -0.656. The normalized spacial score (nSPS) is 37.2. The molecule has 2 aliphatic rings. The lowest BCUT2D eigenvalue weighted by Gasteiger charge is -2.27. The van der Waals surface area contributed by atoms with E-state index in [-0.39, 0.29) is 0 Å². The average molecular weight is 259 g/mol. The van der Waals surface area contributed by atoms with Gasteiger partial charge in [0.2, 0.25) is 0 Å². The molecule has 3 nitrogen and oxygen atoms in total. The molecule has 0 aromatic rings. The van der Waals surface area contributed by atoms with Gasteiger partial charge in [0.05, 0.1) is 0 Å². The molecule has 4 heteroatoms. The zero-order valence-electron chi connectivity index (χ0n) is 11.0. The molecule has 1 saturated heterocycles. The Morgan fingerprint density at radius 2 is 1.94 bits per heavy atom. The Balaban J connectivity index is 1.91. The molecular formula is C13H25NO2S. The summed E-state index contributed by atoms with van der Waals surface area (Å²) in [7, 11) is -0.656. The Hall–Kier alpha value is 0.0700. The maximum absolute atomic E-state index is 12.6. The maximum Gasteiger partial charge on any atom is 0.0477 e. The fourth-order valence-electron chi connectivity index (χ4n) is 3.16. The Morgan fingerprint density at radius 1 is 1.24 bits per heavy atom. The van der Waals surface area contributed by atoms with Crippen molar-refractivity contribution in [3.63, 3.8) is 0 Å². The van der Waals surface area contributed by atoms with Crippen molar-refractivity contribution in [3.8, 4) is 0 Å². The molecule has 4 unspecified atom stereocenters. The Kier molecular flexibility index (Phi) is 5.00. The predicted octanol–water partition coefficient (Wildman–Crippen LogP) is 1.69. The minimum Gasteiger partial charge on any atom is -0.381 e. The molecule has 4 atom stereocenters. The van der Waals surface area contributed by atoms with E-state index < -0.39 is 10.8 Å². The van der Waals surface area contributed by atoms with E-state index in [1.165, 1.54) is 6.42 Å². The second-order valence-corrected chi connectivity index (χ2v) is 7.21. The molecule has 17 heavy (non-hydrogen) atoms. The molecule has 2 fully saturated rings. The van der Waals surface area contributed by atoms with E-state index in [0.717, 1.165) is 39.0 Å². The summed E-state index contributed by atoms with van der Waals surface area (Å²) in [5.74, 6) is 0.554. The number of nitrogens with one attached hydrogen (secondary N) is 1. The van der Waals surface area contributed by atoms with Crippen LogP contribution in [0.15, 0.2) is 0 Å². The van der Waals surface area contributed by atoms with Crippen molar-refractivity contribution in [1.29, 1.82) is 0 Å². The van der Waals surface area contributed by atoms with Crippen molar-refractivity contribution in [3.05, 3.63) is 0 Å². The molecule has 1 aliphatic carbocycles. The quantitative estimate of drug-likeness (QED) is 0.835. The molecule has 1 saturated carbocycles. The second kappa shape index (κ2) is 6.30. The van der Waals surface area contributed by atoms with E-state index in [4.69, 9.17) is 4.74 Å². The first kappa shape index (κ1) is 13.5. The van der Waals surface area contributed by atoms with Crippen LogP contribution in [-0.4, -0.2) is 40.5 Å². The molecule has 0 radical (unpaired) electrons. The van der Waals surface area contributed by atoms with Gasteiger partial charge in [-0.2, -0.15) is 0 Å². The number of hydrogen-bond donors (Lipinski definition) is 1. The molecule has 1 N–H and O–H groups in total. The molecule has 0 aromatic heterocycles. The molecule has 0 amide bonds. The zero-order valence-corrected chi connectivity index (χ0v) is 11.8.